The zero-order chi connectivity index (χ0) is 29.4. The third-order valence-corrected chi connectivity index (χ3v) is 17.1. The highest BCUT2D eigenvalue weighted by Gasteiger charge is 2.68. The minimum atomic E-state index is -0.309. The van der Waals surface area contributed by atoms with E-state index >= 15 is 0 Å². The highest BCUT2D eigenvalue weighted by molar-refractivity contribution is 8.14. The van der Waals surface area contributed by atoms with Gasteiger partial charge in [0.25, 0.3) is 5.24 Å². The molecule has 5 heteroatoms. The lowest BCUT2D eigenvalue weighted by molar-refractivity contribution is -0.272. The van der Waals surface area contributed by atoms with Crippen LogP contribution >= 0.6 is 11.8 Å². The molecule has 0 unspecified atom stereocenters. The molecule has 2 heterocycles. The largest absolute Gasteiger partial charge is 0.349 e. The first-order valence-electron chi connectivity index (χ1n) is 18.6. The quantitative estimate of drug-likeness (QED) is 0.318. The molecule has 2 saturated heterocycles. The van der Waals surface area contributed by atoms with Gasteiger partial charge >= 0.3 is 0 Å². The van der Waals surface area contributed by atoms with Gasteiger partial charge in [0.2, 0.25) is 0 Å². The van der Waals surface area contributed by atoms with Gasteiger partial charge in [-0.3, -0.25) is 4.79 Å². The maximum Gasteiger partial charge on any atom is 0.279 e. The Bertz CT molecular complexity index is 1150. The molecule has 8 aliphatic carbocycles. The zero-order valence-electron chi connectivity index (χ0n) is 27.4. The number of carbonyl (C=O) groups is 1. The molecule has 0 radical (unpaired) electrons. The summed E-state index contributed by atoms with van der Waals surface area (Å²) in [6, 6.07) is 0. The predicted octanol–water partition coefficient (Wildman–Crippen LogP) is 9.13. The molecule has 11 atom stereocenters. The van der Waals surface area contributed by atoms with Gasteiger partial charge in [-0.15, -0.1) is 0 Å². The van der Waals surface area contributed by atoms with E-state index in [1.165, 1.54) is 83.5 Å². The fourth-order valence-electron chi connectivity index (χ4n) is 14.4. The van der Waals surface area contributed by atoms with Crippen LogP contribution in [-0.4, -0.2) is 34.5 Å². The SMILES string of the molecule is C[C@@H]1CC[C@@]2(OC1)O[C@H]1C[C@H]3[C@@H]4CC=C5C[C@@H](SC(=O)NC67CC8CC(CC(C8)C6)C7)CC[C@]5(C)[C@H]4CC[C@]3(C)[C@H]1[C@@H]2C. The summed E-state index contributed by atoms with van der Waals surface area (Å²) < 4.78 is 13.6. The van der Waals surface area contributed by atoms with E-state index in [2.05, 4.69) is 39.1 Å². The summed E-state index contributed by atoms with van der Waals surface area (Å²) in [5.74, 6) is 6.50. The van der Waals surface area contributed by atoms with Crippen LogP contribution in [0.4, 0.5) is 4.79 Å². The predicted molar refractivity (Wildman–Crippen MR) is 173 cm³/mol. The Balaban J connectivity index is 0.874. The molecular formula is C38H57NO3S. The molecule has 0 aromatic heterocycles. The monoisotopic (exact) mass is 607 g/mol. The number of nitrogens with one attached hydrogen (secondary N) is 1. The number of allylic oxidation sites excluding steroid dienone is 2. The Morgan fingerprint density at radius 3 is 2.37 bits per heavy atom. The maximum absolute atomic E-state index is 13.5. The Morgan fingerprint density at radius 1 is 0.930 bits per heavy atom. The summed E-state index contributed by atoms with van der Waals surface area (Å²) in [6.45, 7) is 10.9. The van der Waals surface area contributed by atoms with Crippen molar-refractivity contribution in [3.05, 3.63) is 11.6 Å². The van der Waals surface area contributed by atoms with Crippen LogP contribution < -0.4 is 5.32 Å². The number of amides is 1. The summed E-state index contributed by atoms with van der Waals surface area (Å²) >= 11 is 1.67. The van der Waals surface area contributed by atoms with Crippen molar-refractivity contribution in [2.45, 2.75) is 147 Å². The van der Waals surface area contributed by atoms with Gasteiger partial charge in [0, 0.05) is 23.1 Å². The van der Waals surface area contributed by atoms with Crippen LogP contribution in [-0.2, 0) is 9.47 Å². The molecule has 7 saturated carbocycles. The molecule has 4 bridgehead atoms. The summed E-state index contributed by atoms with van der Waals surface area (Å²) in [6.07, 6.45) is 22.3. The lowest BCUT2D eigenvalue weighted by Crippen LogP contribution is -2.59. The van der Waals surface area contributed by atoms with Crippen LogP contribution in [0, 0.1) is 64.1 Å². The molecule has 1 N–H and O–H groups in total. The van der Waals surface area contributed by atoms with Crippen LogP contribution in [0.3, 0.4) is 0 Å². The van der Waals surface area contributed by atoms with E-state index in [9.17, 15) is 4.79 Å². The Morgan fingerprint density at radius 2 is 1.67 bits per heavy atom. The summed E-state index contributed by atoms with van der Waals surface area (Å²) in [5.41, 5.74) is 2.54. The van der Waals surface area contributed by atoms with Crippen molar-refractivity contribution in [2.24, 2.45) is 64.1 Å². The number of rotatable bonds is 2. The van der Waals surface area contributed by atoms with Gasteiger partial charge in [-0.1, -0.05) is 51.1 Å². The summed E-state index contributed by atoms with van der Waals surface area (Å²) in [7, 11) is 0. The number of thioether (sulfide) groups is 1. The lowest BCUT2D eigenvalue weighted by Gasteiger charge is -2.58. The molecule has 4 nitrogen and oxygen atoms in total. The lowest BCUT2D eigenvalue weighted by atomic mass is 9.47. The Hall–Kier alpha value is -0.520. The minimum Gasteiger partial charge on any atom is -0.349 e. The topological polar surface area (TPSA) is 47.6 Å². The van der Waals surface area contributed by atoms with Crippen molar-refractivity contribution in [3.8, 4) is 0 Å². The molecule has 238 valence electrons. The second-order valence-electron chi connectivity index (χ2n) is 18.4. The van der Waals surface area contributed by atoms with Crippen molar-refractivity contribution in [2.75, 3.05) is 6.61 Å². The van der Waals surface area contributed by atoms with E-state index in [0.29, 0.717) is 45.2 Å². The number of ether oxygens (including phenoxy) is 2. The first-order chi connectivity index (χ1) is 20.6. The van der Waals surface area contributed by atoms with Gasteiger partial charge in [0.1, 0.15) is 0 Å². The molecule has 1 spiro atoms. The number of hydrogen-bond donors (Lipinski definition) is 1. The average molecular weight is 608 g/mol. The van der Waals surface area contributed by atoms with Crippen LogP contribution in [0.15, 0.2) is 11.6 Å². The average Bonchev–Trinajstić information content (AvgIpc) is 3.39. The second-order valence-corrected chi connectivity index (χ2v) is 19.6. The molecular weight excluding hydrogens is 550 g/mol. The standard InChI is InChI=1S/C38H57NO3S/c1-22-7-12-38(41-21-22)23(2)33-32(42-38)17-31-29-6-5-27-16-28(8-10-35(27,3)30(29)9-11-36(31,33)4)43-34(40)39-37-18-24-13-25(19-37)15-26(14-24)20-37/h5,22-26,28-33H,6-21H2,1-4H3,(H,39,40)/t22-,23+,24?,25?,26?,28+,29-,30+,31+,32+,33+,35+,36+,37?,38-/m1/s1. The molecule has 10 rings (SSSR count). The van der Waals surface area contributed by atoms with E-state index in [1.54, 1.807) is 17.3 Å². The molecule has 2 aliphatic heterocycles. The zero-order valence-corrected chi connectivity index (χ0v) is 28.2. The van der Waals surface area contributed by atoms with Crippen molar-refractivity contribution >= 4 is 17.0 Å². The van der Waals surface area contributed by atoms with E-state index in [4.69, 9.17) is 9.47 Å². The first kappa shape index (κ1) is 28.7. The van der Waals surface area contributed by atoms with E-state index in [1.807, 2.05) is 0 Å². The van der Waals surface area contributed by atoms with Gasteiger partial charge in [-0.25, -0.2) is 0 Å². The van der Waals surface area contributed by atoms with Gasteiger partial charge < -0.3 is 14.8 Å². The van der Waals surface area contributed by atoms with Gasteiger partial charge in [0.15, 0.2) is 5.79 Å². The third kappa shape index (κ3) is 4.24. The van der Waals surface area contributed by atoms with E-state index in [0.717, 1.165) is 55.0 Å². The molecule has 0 aromatic rings. The smallest absolute Gasteiger partial charge is 0.279 e. The molecule has 9 fully saturated rings. The van der Waals surface area contributed by atoms with Crippen molar-refractivity contribution in [3.63, 3.8) is 0 Å². The number of hydrogen-bond acceptors (Lipinski definition) is 4. The van der Waals surface area contributed by atoms with Gasteiger partial charge in [-0.05, 0) is 148 Å². The summed E-state index contributed by atoms with van der Waals surface area (Å²) in [5, 5.41) is 4.40. The number of fused-ring (bicyclic) bond motifs is 7. The van der Waals surface area contributed by atoms with Crippen molar-refractivity contribution in [1.82, 2.24) is 5.32 Å². The second kappa shape index (κ2) is 9.75. The Labute approximate surface area is 265 Å². The first-order valence-corrected chi connectivity index (χ1v) is 19.5. The fraction of sp³-hybridized carbons (Fsp3) is 0.921. The normalized spacial score (nSPS) is 58.0. The van der Waals surface area contributed by atoms with Gasteiger partial charge in [0.05, 0.1) is 12.7 Å². The minimum absolute atomic E-state index is 0.135. The molecule has 10 aliphatic rings. The third-order valence-electron chi connectivity index (χ3n) is 16.0. The maximum atomic E-state index is 13.5. The highest BCUT2D eigenvalue weighted by atomic mass is 32.2. The van der Waals surface area contributed by atoms with E-state index < -0.39 is 0 Å². The van der Waals surface area contributed by atoms with Crippen LogP contribution in [0.5, 0.6) is 0 Å². The Kier molecular flexibility index (Phi) is 6.51. The highest BCUT2D eigenvalue weighted by Crippen LogP contribution is 2.71. The summed E-state index contributed by atoms with van der Waals surface area (Å²) in [4.78, 5) is 13.5. The van der Waals surface area contributed by atoms with Crippen molar-refractivity contribution < 1.29 is 14.3 Å². The van der Waals surface area contributed by atoms with Crippen LogP contribution in [0.1, 0.15) is 124 Å². The fourth-order valence-corrected chi connectivity index (χ4v) is 15.5. The van der Waals surface area contributed by atoms with Crippen molar-refractivity contribution in [1.29, 1.82) is 0 Å². The number of carbonyl (C=O) groups excluding carboxylic acids is 1. The van der Waals surface area contributed by atoms with E-state index in [-0.39, 0.29) is 11.3 Å². The van der Waals surface area contributed by atoms with Crippen LogP contribution in [0.25, 0.3) is 0 Å². The van der Waals surface area contributed by atoms with Gasteiger partial charge in [-0.2, -0.15) is 0 Å². The molecule has 43 heavy (non-hydrogen) atoms. The molecule has 1 amide bonds. The molecule has 0 aromatic carbocycles. The van der Waals surface area contributed by atoms with Crippen LogP contribution in [0.2, 0.25) is 0 Å².